The molecule has 1 aliphatic heterocycles. The maximum Gasteiger partial charge on any atom is 0.254 e. The fourth-order valence-corrected chi connectivity index (χ4v) is 4.90. The first-order valence-electron chi connectivity index (χ1n) is 9.91. The molecule has 1 heterocycles. The lowest BCUT2D eigenvalue weighted by Gasteiger charge is -2.29. The SMILES string of the molecule is CN(Cc1ccc(C(=O)N2CCc3ccccc3C2)cc1)S(=O)(=O)c1ccccc1. The van der Waals surface area contributed by atoms with Crippen LogP contribution in [0.4, 0.5) is 0 Å². The van der Waals surface area contributed by atoms with Gasteiger partial charge >= 0.3 is 0 Å². The van der Waals surface area contributed by atoms with Crippen LogP contribution in [0, 0.1) is 0 Å². The number of carbonyl (C=O) groups excluding carboxylic acids is 1. The molecule has 0 unspecified atom stereocenters. The molecule has 0 atom stereocenters. The molecule has 3 aromatic rings. The predicted octanol–water partition coefficient (Wildman–Crippen LogP) is 3.71. The van der Waals surface area contributed by atoms with Crippen molar-refractivity contribution in [3.05, 3.63) is 101 Å². The number of sulfonamides is 1. The first-order valence-corrected chi connectivity index (χ1v) is 11.4. The summed E-state index contributed by atoms with van der Waals surface area (Å²) in [6, 6.07) is 23.8. The Balaban J connectivity index is 1.44. The van der Waals surface area contributed by atoms with Crippen molar-refractivity contribution >= 4 is 15.9 Å². The van der Waals surface area contributed by atoms with Gasteiger partial charge in [0.25, 0.3) is 5.91 Å². The van der Waals surface area contributed by atoms with Crippen molar-refractivity contribution in [2.45, 2.75) is 24.4 Å². The Bertz CT molecular complexity index is 1140. The largest absolute Gasteiger partial charge is 0.334 e. The third-order valence-corrected chi connectivity index (χ3v) is 7.29. The zero-order valence-corrected chi connectivity index (χ0v) is 17.7. The van der Waals surface area contributed by atoms with E-state index in [4.69, 9.17) is 0 Å². The lowest BCUT2D eigenvalue weighted by Crippen LogP contribution is -2.35. The van der Waals surface area contributed by atoms with E-state index in [1.807, 2.05) is 29.2 Å². The highest BCUT2D eigenvalue weighted by Gasteiger charge is 2.23. The van der Waals surface area contributed by atoms with Gasteiger partial charge in [-0.15, -0.1) is 0 Å². The molecular formula is C24H24N2O3S. The molecule has 154 valence electrons. The minimum absolute atomic E-state index is 0.00122. The van der Waals surface area contributed by atoms with Crippen LogP contribution in [0.3, 0.4) is 0 Å². The second-order valence-electron chi connectivity index (χ2n) is 7.52. The van der Waals surface area contributed by atoms with Gasteiger partial charge in [-0.3, -0.25) is 4.79 Å². The van der Waals surface area contributed by atoms with Crippen molar-refractivity contribution in [3.8, 4) is 0 Å². The zero-order chi connectivity index (χ0) is 21.1. The van der Waals surface area contributed by atoms with E-state index in [9.17, 15) is 13.2 Å². The van der Waals surface area contributed by atoms with E-state index in [2.05, 4.69) is 12.1 Å². The van der Waals surface area contributed by atoms with E-state index >= 15 is 0 Å². The number of fused-ring (bicyclic) bond motifs is 1. The molecule has 1 amide bonds. The van der Waals surface area contributed by atoms with Crippen LogP contribution in [0.2, 0.25) is 0 Å². The average molecular weight is 421 g/mol. The first-order chi connectivity index (χ1) is 14.4. The van der Waals surface area contributed by atoms with Gasteiger partial charge in [-0.25, -0.2) is 8.42 Å². The fourth-order valence-electron chi connectivity index (χ4n) is 3.72. The molecule has 0 saturated carbocycles. The smallest absolute Gasteiger partial charge is 0.254 e. The zero-order valence-electron chi connectivity index (χ0n) is 16.9. The van der Waals surface area contributed by atoms with Gasteiger partial charge in [0.1, 0.15) is 0 Å². The van der Waals surface area contributed by atoms with Gasteiger partial charge in [0.15, 0.2) is 0 Å². The molecule has 0 fully saturated rings. The number of rotatable bonds is 5. The van der Waals surface area contributed by atoms with Gasteiger partial charge in [0, 0.05) is 32.2 Å². The van der Waals surface area contributed by atoms with Gasteiger partial charge in [0.2, 0.25) is 10.0 Å². The summed E-state index contributed by atoms with van der Waals surface area (Å²) in [7, 11) is -1.99. The van der Waals surface area contributed by atoms with E-state index < -0.39 is 10.0 Å². The third kappa shape index (κ3) is 4.15. The number of nitrogens with zero attached hydrogens (tertiary/aromatic N) is 2. The highest BCUT2D eigenvalue weighted by molar-refractivity contribution is 7.89. The number of hydrogen-bond acceptors (Lipinski definition) is 3. The standard InChI is InChI=1S/C24H24N2O3S/c1-25(30(28,29)23-9-3-2-4-10-23)17-19-11-13-21(14-12-19)24(27)26-16-15-20-7-5-6-8-22(20)18-26/h2-14H,15-18H2,1H3. The number of benzene rings is 3. The molecule has 6 heteroatoms. The van der Waals surface area contributed by atoms with E-state index in [0.717, 1.165) is 12.0 Å². The molecular weight excluding hydrogens is 396 g/mol. The molecule has 0 aliphatic carbocycles. The maximum absolute atomic E-state index is 12.9. The second-order valence-corrected chi connectivity index (χ2v) is 9.56. The van der Waals surface area contributed by atoms with Crippen LogP contribution in [-0.4, -0.2) is 37.1 Å². The van der Waals surface area contributed by atoms with Crippen LogP contribution in [0.25, 0.3) is 0 Å². The lowest BCUT2D eigenvalue weighted by atomic mass is 9.99. The molecule has 0 N–H and O–H groups in total. The number of amides is 1. The molecule has 0 saturated heterocycles. The van der Waals surface area contributed by atoms with Gasteiger partial charge in [-0.05, 0) is 47.4 Å². The van der Waals surface area contributed by atoms with Crippen LogP contribution in [0.1, 0.15) is 27.0 Å². The monoisotopic (exact) mass is 420 g/mol. The second kappa shape index (κ2) is 8.42. The van der Waals surface area contributed by atoms with Crippen LogP contribution >= 0.6 is 0 Å². The molecule has 4 rings (SSSR count). The summed E-state index contributed by atoms with van der Waals surface area (Å²) < 4.78 is 26.7. The first kappa shape index (κ1) is 20.3. The maximum atomic E-state index is 12.9. The third-order valence-electron chi connectivity index (χ3n) is 5.48. The van der Waals surface area contributed by atoms with Crippen LogP contribution in [0.5, 0.6) is 0 Å². The Morgan fingerprint density at radius 1 is 0.900 bits per heavy atom. The van der Waals surface area contributed by atoms with Crippen molar-refractivity contribution in [1.82, 2.24) is 9.21 Å². The van der Waals surface area contributed by atoms with Crippen LogP contribution in [-0.2, 0) is 29.5 Å². The summed E-state index contributed by atoms with van der Waals surface area (Å²) in [6.45, 7) is 1.56. The van der Waals surface area contributed by atoms with Crippen molar-refractivity contribution < 1.29 is 13.2 Å². The van der Waals surface area contributed by atoms with E-state index in [-0.39, 0.29) is 17.3 Å². The highest BCUT2D eigenvalue weighted by Crippen LogP contribution is 2.21. The molecule has 5 nitrogen and oxygen atoms in total. The Morgan fingerprint density at radius 2 is 1.53 bits per heavy atom. The molecule has 3 aromatic carbocycles. The number of hydrogen-bond donors (Lipinski definition) is 0. The van der Waals surface area contributed by atoms with Crippen molar-refractivity contribution in [2.24, 2.45) is 0 Å². The lowest BCUT2D eigenvalue weighted by molar-refractivity contribution is 0.0734. The summed E-state index contributed by atoms with van der Waals surface area (Å²) in [6.07, 6.45) is 0.863. The predicted molar refractivity (Wildman–Crippen MR) is 116 cm³/mol. The van der Waals surface area contributed by atoms with Gasteiger partial charge in [-0.1, -0.05) is 54.6 Å². The molecule has 1 aliphatic rings. The van der Waals surface area contributed by atoms with Crippen molar-refractivity contribution in [3.63, 3.8) is 0 Å². The van der Waals surface area contributed by atoms with E-state index in [1.165, 1.54) is 15.4 Å². The van der Waals surface area contributed by atoms with Gasteiger partial charge in [-0.2, -0.15) is 4.31 Å². The Morgan fingerprint density at radius 3 is 2.23 bits per heavy atom. The molecule has 0 radical (unpaired) electrons. The minimum atomic E-state index is -3.55. The minimum Gasteiger partial charge on any atom is -0.334 e. The summed E-state index contributed by atoms with van der Waals surface area (Å²) in [4.78, 5) is 15.0. The van der Waals surface area contributed by atoms with Crippen LogP contribution < -0.4 is 0 Å². The topological polar surface area (TPSA) is 57.7 Å². The van der Waals surface area contributed by atoms with Crippen molar-refractivity contribution in [1.29, 1.82) is 0 Å². The Hall–Kier alpha value is -2.96. The molecule has 0 bridgehead atoms. The molecule has 0 aromatic heterocycles. The van der Waals surface area contributed by atoms with Crippen molar-refractivity contribution in [2.75, 3.05) is 13.6 Å². The normalized spacial score (nSPS) is 13.9. The summed E-state index contributed by atoms with van der Waals surface area (Å²) >= 11 is 0. The summed E-state index contributed by atoms with van der Waals surface area (Å²) in [5, 5.41) is 0. The summed E-state index contributed by atoms with van der Waals surface area (Å²) in [5.74, 6) is 0.00122. The van der Waals surface area contributed by atoms with E-state index in [1.54, 1.807) is 49.5 Å². The van der Waals surface area contributed by atoms with Gasteiger partial charge < -0.3 is 4.90 Å². The van der Waals surface area contributed by atoms with Crippen LogP contribution in [0.15, 0.2) is 83.8 Å². The fraction of sp³-hybridized carbons (Fsp3) is 0.208. The Kier molecular flexibility index (Phi) is 5.70. The molecule has 30 heavy (non-hydrogen) atoms. The molecule has 0 spiro atoms. The summed E-state index contributed by atoms with van der Waals surface area (Å²) in [5.41, 5.74) is 3.95. The van der Waals surface area contributed by atoms with Gasteiger partial charge in [0.05, 0.1) is 4.90 Å². The quantitative estimate of drug-likeness (QED) is 0.632. The Labute approximate surface area is 177 Å². The average Bonchev–Trinajstić information content (AvgIpc) is 2.79. The number of carbonyl (C=O) groups is 1. The van der Waals surface area contributed by atoms with E-state index in [0.29, 0.717) is 18.7 Å². The highest BCUT2D eigenvalue weighted by atomic mass is 32.2.